The minimum atomic E-state index is -0.0819. The van der Waals surface area contributed by atoms with Crippen LogP contribution in [-0.2, 0) is 16.6 Å². The minimum absolute atomic E-state index is 0.0451. The monoisotopic (exact) mass is 311 g/mol. The average Bonchev–Trinajstić information content (AvgIpc) is 3.06. The number of ether oxygens (including phenoxy) is 1. The third-order valence-corrected chi connectivity index (χ3v) is 4.83. The summed E-state index contributed by atoms with van der Waals surface area (Å²) in [7, 11) is 1.89. The van der Waals surface area contributed by atoms with E-state index in [4.69, 9.17) is 4.74 Å². The van der Waals surface area contributed by atoms with Gasteiger partial charge in [0.15, 0.2) is 0 Å². The minimum Gasteiger partial charge on any atom is -0.371 e. The first kappa shape index (κ1) is 14.5. The lowest BCUT2D eigenvalue weighted by Gasteiger charge is -2.19. The van der Waals surface area contributed by atoms with Gasteiger partial charge in [-0.3, -0.25) is 9.48 Å². The van der Waals surface area contributed by atoms with Crippen molar-refractivity contribution in [3.05, 3.63) is 53.9 Å². The van der Waals surface area contributed by atoms with Crippen LogP contribution in [0.15, 0.2) is 42.7 Å². The van der Waals surface area contributed by atoms with Gasteiger partial charge in [0.25, 0.3) is 0 Å². The van der Waals surface area contributed by atoms with Gasteiger partial charge in [0.1, 0.15) is 6.10 Å². The first-order valence-electron chi connectivity index (χ1n) is 8.18. The second kappa shape index (κ2) is 5.81. The summed E-state index contributed by atoms with van der Waals surface area (Å²) in [5, 5.41) is 7.40. The molecular weight excluding hydrogens is 290 g/mol. The lowest BCUT2D eigenvalue weighted by molar-refractivity contribution is -0.123. The molecule has 0 bridgehead atoms. The summed E-state index contributed by atoms with van der Waals surface area (Å²) in [6.45, 7) is 0.678. The fourth-order valence-corrected chi connectivity index (χ4v) is 3.50. The summed E-state index contributed by atoms with van der Waals surface area (Å²) >= 11 is 0. The summed E-state index contributed by atoms with van der Waals surface area (Å²) in [4.78, 5) is 12.5. The van der Waals surface area contributed by atoms with Gasteiger partial charge in [-0.25, -0.2) is 0 Å². The maximum absolute atomic E-state index is 12.5. The number of nitrogens with one attached hydrogen (secondary N) is 1. The van der Waals surface area contributed by atoms with Crippen molar-refractivity contribution in [1.82, 2.24) is 15.1 Å². The van der Waals surface area contributed by atoms with Crippen molar-refractivity contribution in [3.8, 4) is 0 Å². The van der Waals surface area contributed by atoms with E-state index in [9.17, 15) is 4.79 Å². The van der Waals surface area contributed by atoms with Crippen LogP contribution < -0.4 is 5.32 Å². The zero-order valence-corrected chi connectivity index (χ0v) is 13.2. The maximum Gasteiger partial charge on any atom is 0.224 e. The Balaban J connectivity index is 1.39. The molecule has 1 amide bonds. The molecule has 2 fully saturated rings. The van der Waals surface area contributed by atoms with E-state index in [1.165, 1.54) is 5.56 Å². The molecule has 0 spiro atoms. The van der Waals surface area contributed by atoms with E-state index in [-0.39, 0.29) is 24.0 Å². The van der Waals surface area contributed by atoms with E-state index < -0.39 is 0 Å². The molecule has 5 nitrogen and oxygen atoms in total. The molecule has 1 aliphatic heterocycles. The normalized spacial score (nSPS) is 29.4. The third kappa shape index (κ3) is 2.88. The van der Waals surface area contributed by atoms with Crippen molar-refractivity contribution in [2.24, 2.45) is 13.0 Å². The Kier molecular flexibility index (Phi) is 3.65. The lowest BCUT2D eigenvalue weighted by atomic mass is 10.0. The second-order valence-electron chi connectivity index (χ2n) is 6.50. The molecule has 2 aliphatic rings. The molecule has 1 saturated carbocycles. The van der Waals surface area contributed by atoms with E-state index in [0.717, 1.165) is 18.4 Å². The Hall–Kier alpha value is -2.14. The van der Waals surface area contributed by atoms with Crippen molar-refractivity contribution in [3.63, 3.8) is 0 Å². The van der Waals surface area contributed by atoms with Crippen LogP contribution in [0, 0.1) is 5.92 Å². The molecular formula is C18H21N3O2. The summed E-state index contributed by atoms with van der Waals surface area (Å²) in [5.74, 6) is 0.631. The Bertz CT molecular complexity index is 697. The maximum atomic E-state index is 12.5. The Labute approximate surface area is 135 Å². The topological polar surface area (TPSA) is 56.1 Å². The highest BCUT2D eigenvalue weighted by molar-refractivity contribution is 5.83. The molecule has 0 radical (unpaired) electrons. The molecule has 0 unspecified atom stereocenters. The summed E-state index contributed by atoms with van der Waals surface area (Å²) < 4.78 is 7.58. The molecule has 1 aliphatic carbocycles. The van der Waals surface area contributed by atoms with Gasteiger partial charge in [0.2, 0.25) is 5.91 Å². The first-order chi connectivity index (χ1) is 11.2. The van der Waals surface area contributed by atoms with Crippen molar-refractivity contribution in [1.29, 1.82) is 0 Å². The van der Waals surface area contributed by atoms with Crippen LogP contribution in [0.2, 0.25) is 0 Å². The third-order valence-electron chi connectivity index (χ3n) is 4.83. The zero-order valence-electron chi connectivity index (χ0n) is 13.2. The summed E-state index contributed by atoms with van der Waals surface area (Å²) in [6.07, 6.45) is 5.49. The fraction of sp³-hybridized carbons (Fsp3) is 0.444. The highest BCUT2D eigenvalue weighted by atomic mass is 16.5. The molecule has 4 rings (SSSR count). The number of aromatic nitrogens is 2. The van der Waals surface area contributed by atoms with Gasteiger partial charge in [0, 0.05) is 31.3 Å². The molecule has 1 aromatic carbocycles. The molecule has 1 aromatic heterocycles. The van der Waals surface area contributed by atoms with Crippen LogP contribution in [0.3, 0.4) is 0 Å². The smallest absolute Gasteiger partial charge is 0.224 e. The number of amides is 1. The Morgan fingerprint density at radius 1 is 1.30 bits per heavy atom. The van der Waals surface area contributed by atoms with Crippen molar-refractivity contribution in [2.45, 2.75) is 30.9 Å². The largest absolute Gasteiger partial charge is 0.371 e. The highest BCUT2D eigenvalue weighted by Gasteiger charge is 2.45. The van der Waals surface area contributed by atoms with Gasteiger partial charge in [0.05, 0.1) is 12.2 Å². The standard InChI is InChI=1S/C18H21N3O2/c1-21-11-13(10-19-21)17-16(7-8-23-17)20-18(22)15-9-14(15)12-5-3-2-4-6-12/h2-6,10-11,14-17H,7-9H2,1H3,(H,20,22)/t14-,15-,16-,17+/m0/s1. The van der Waals surface area contributed by atoms with Gasteiger partial charge in [-0.2, -0.15) is 5.10 Å². The first-order valence-corrected chi connectivity index (χ1v) is 8.18. The van der Waals surface area contributed by atoms with E-state index in [1.54, 1.807) is 4.68 Å². The van der Waals surface area contributed by atoms with Crippen LogP contribution in [0.5, 0.6) is 0 Å². The average molecular weight is 311 g/mol. The van der Waals surface area contributed by atoms with E-state index in [2.05, 4.69) is 22.5 Å². The second-order valence-corrected chi connectivity index (χ2v) is 6.50. The number of benzene rings is 1. The van der Waals surface area contributed by atoms with Crippen molar-refractivity contribution >= 4 is 5.91 Å². The number of hydrogen-bond acceptors (Lipinski definition) is 3. The van der Waals surface area contributed by atoms with Crippen LogP contribution in [0.1, 0.15) is 36.0 Å². The molecule has 120 valence electrons. The van der Waals surface area contributed by atoms with Crippen LogP contribution >= 0.6 is 0 Å². The lowest BCUT2D eigenvalue weighted by Crippen LogP contribution is -2.37. The quantitative estimate of drug-likeness (QED) is 0.941. The van der Waals surface area contributed by atoms with Crippen LogP contribution in [0.4, 0.5) is 0 Å². The molecule has 23 heavy (non-hydrogen) atoms. The number of carbonyl (C=O) groups is 1. The van der Waals surface area contributed by atoms with Crippen LogP contribution in [0.25, 0.3) is 0 Å². The Morgan fingerprint density at radius 2 is 2.13 bits per heavy atom. The van der Waals surface area contributed by atoms with E-state index in [1.807, 2.05) is 37.6 Å². The van der Waals surface area contributed by atoms with Gasteiger partial charge >= 0.3 is 0 Å². The zero-order chi connectivity index (χ0) is 15.8. The van der Waals surface area contributed by atoms with Gasteiger partial charge in [-0.1, -0.05) is 30.3 Å². The fourth-order valence-electron chi connectivity index (χ4n) is 3.50. The molecule has 4 atom stereocenters. The Morgan fingerprint density at radius 3 is 2.87 bits per heavy atom. The number of rotatable bonds is 4. The molecule has 1 N–H and O–H groups in total. The van der Waals surface area contributed by atoms with E-state index in [0.29, 0.717) is 12.5 Å². The van der Waals surface area contributed by atoms with Crippen LogP contribution in [-0.4, -0.2) is 28.3 Å². The molecule has 2 aromatic rings. The van der Waals surface area contributed by atoms with E-state index >= 15 is 0 Å². The number of hydrogen-bond donors (Lipinski definition) is 1. The molecule has 5 heteroatoms. The number of nitrogens with zero attached hydrogens (tertiary/aromatic N) is 2. The van der Waals surface area contributed by atoms with Crippen molar-refractivity contribution < 1.29 is 9.53 Å². The summed E-state index contributed by atoms with van der Waals surface area (Å²) in [6, 6.07) is 10.3. The predicted octanol–water partition coefficient (Wildman–Crippen LogP) is 2.17. The summed E-state index contributed by atoms with van der Waals surface area (Å²) in [5.41, 5.74) is 2.30. The van der Waals surface area contributed by atoms with Gasteiger partial charge in [-0.05, 0) is 24.3 Å². The highest BCUT2D eigenvalue weighted by Crippen LogP contribution is 2.47. The SMILES string of the molecule is Cn1cc([C@H]2OCC[C@@H]2NC(=O)[C@H]2C[C@H]2c2ccccc2)cn1. The van der Waals surface area contributed by atoms with Gasteiger partial charge in [-0.15, -0.1) is 0 Å². The number of carbonyl (C=O) groups excluding carboxylic acids is 1. The number of aryl methyl sites for hydroxylation is 1. The van der Waals surface area contributed by atoms with Gasteiger partial charge < -0.3 is 10.1 Å². The molecule has 1 saturated heterocycles. The molecule has 2 heterocycles. The van der Waals surface area contributed by atoms with Crippen molar-refractivity contribution in [2.75, 3.05) is 6.61 Å². The predicted molar refractivity (Wildman–Crippen MR) is 85.7 cm³/mol.